The number of rotatable bonds is 4. The summed E-state index contributed by atoms with van der Waals surface area (Å²) in [6, 6.07) is 13.9. The van der Waals surface area contributed by atoms with Crippen LogP contribution in [-0.2, 0) is 27.2 Å². The molecule has 3 rings (SSSR count). The van der Waals surface area contributed by atoms with E-state index in [4.69, 9.17) is 4.74 Å². The molecule has 0 bridgehead atoms. The van der Waals surface area contributed by atoms with Crippen LogP contribution >= 0.6 is 0 Å². The monoisotopic (exact) mass is 367 g/mol. The number of benzene rings is 2. The average molecular weight is 367 g/mol. The summed E-state index contributed by atoms with van der Waals surface area (Å²) in [6.07, 6.45) is -0.0968. The number of hydrogen-bond donors (Lipinski definition) is 0. The highest BCUT2D eigenvalue weighted by Gasteiger charge is 2.27. The number of amides is 1. The fraction of sp³-hybridized carbons (Fsp3) is 0.286. The molecule has 27 heavy (non-hydrogen) atoms. The molecule has 0 radical (unpaired) electrons. The zero-order chi connectivity index (χ0) is 19.4. The van der Waals surface area contributed by atoms with Gasteiger partial charge in [-0.15, -0.1) is 0 Å². The largest absolute Gasteiger partial charge is 0.465 e. The van der Waals surface area contributed by atoms with Gasteiger partial charge in [0.15, 0.2) is 6.10 Å². The number of carbonyl (C=O) groups is 3. The van der Waals surface area contributed by atoms with Crippen LogP contribution in [0.1, 0.15) is 38.8 Å². The zero-order valence-corrected chi connectivity index (χ0v) is 15.3. The third kappa shape index (κ3) is 4.16. The lowest BCUT2D eigenvalue weighted by atomic mass is 9.99. The van der Waals surface area contributed by atoms with E-state index in [2.05, 4.69) is 10.8 Å². The summed E-state index contributed by atoms with van der Waals surface area (Å²) in [5.74, 6) is -1.31. The second-order valence-corrected chi connectivity index (χ2v) is 6.39. The normalized spacial score (nSPS) is 14.1. The van der Waals surface area contributed by atoms with Gasteiger partial charge in [-0.25, -0.2) is 9.59 Å². The van der Waals surface area contributed by atoms with Crippen molar-refractivity contribution in [1.29, 1.82) is 0 Å². The zero-order valence-electron chi connectivity index (χ0n) is 15.3. The second-order valence-electron chi connectivity index (χ2n) is 6.39. The Morgan fingerprint density at radius 2 is 1.52 bits per heavy atom. The topological polar surface area (TPSA) is 72.9 Å². The first-order chi connectivity index (χ1) is 13.0. The van der Waals surface area contributed by atoms with Crippen LogP contribution in [0.25, 0.3) is 0 Å². The highest BCUT2D eigenvalue weighted by Crippen LogP contribution is 2.19. The van der Waals surface area contributed by atoms with E-state index in [0.717, 1.165) is 12.0 Å². The fourth-order valence-corrected chi connectivity index (χ4v) is 3.08. The van der Waals surface area contributed by atoms with Gasteiger partial charge in [-0.2, -0.15) is 0 Å². The van der Waals surface area contributed by atoms with E-state index in [1.165, 1.54) is 36.9 Å². The molecular formula is C21H21NO5. The maximum absolute atomic E-state index is 12.6. The van der Waals surface area contributed by atoms with Crippen molar-refractivity contribution >= 4 is 17.8 Å². The van der Waals surface area contributed by atoms with Gasteiger partial charge in [-0.05, 0) is 48.7 Å². The lowest BCUT2D eigenvalue weighted by Gasteiger charge is -2.30. The first-order valence-corrected chi connectivity index (χ1v) is 8.74. The van der Waals surface area contributed by atoms with Gasteiger partial charge in [-0.3, -0.25) is 4.79 Å². The van der Waals surface area contributed by atoms with Gasteiger partial charge in [0.1, 0.15) is 0 Å². The van der Waals surface area contributed by atoms with Crippen molar-refractivity contribution in [3.63, 3.8) is 0 Å². The van der Waals surface area contributed by atoms with E-state index in [9.17, 15) is 14.4 Å². The van der Waals surface area contributed by atoms with Gasteiger partial charge in [0.2, 0.25) is 0 Å². The molecule has 2 aromatic carbocycles. The predicted molar refractivity (Wildman–Crippen MR) is 98.2 cm³/mol. The molecule has 6 heteroatoms. The Hall–Kier alpha value is -3.15. The molecule has 0 spiro atoms. The van der Waals surface area contributed by atoms with Gasteiger partial charge < -0.3 is 14.4 Å². The lowest BCUT2D eigenvalue weighted by molar-refractivity contribution is -0.140. The maximum Gasteiger partial charge on any atom is 0.338 e. The molecule has 1 amide bonds. The summed E-state index contributed by atoms with van der Waals surface area (Å²) in [7, 11) is 1.29. The Balaban J connectivity index is 1.61. The Bertz CT molecular complexity index is 859. The summed E-state index contributed by atoms with van der Waals surface area (Å²) in [6.45, 7) is 2.69. The number of carbonyl (C=O) groups excluding carboxylic acids is 3. The second kappa shape index (κ2) is 8.03. The highest BCUT2D eigenvalue weighted by atomic mass is 16.5. The van der Waals surface area contributed by atoms with Gasteiger partial charge in [0.25, 0.3) is 5.91 Å². The number of methoxy groups -OCH3 is 1. The van der Waals surface area contributed by atoms with E-state index >= 15 is 0 Å². The molecule has 0 aliphatic carbocycles. The van der Waals surface area contributed by atoms with Gasteiger partial charge in [0.05, 0.1) is 18.2 Å². The van der Waals surface area contributed by atoms with E-state index in [1.54, 1.807) is 11.8 Å². The van der Waals surface area contributed by atoms with Crippen LogP contribution < -0.4 is 0 Å². The molecule has 1 atom stereocenters. The Morgan fingerprint density at radius 1 is 0.926 bits per heavy atom. The van der Waals surface area contributed by atoms with Crippen molar-refractivity contribution in [3.8, 4) is 0 Å². The quantitative estimate of drug-likeness (QED) is 0.777. The highest BCUT2D eigenvalue weighted by molar-refractivity contribution is 5.94. The molecule has 2 aromatic rings. The molecule has 6 nitrogen and oxygen atoms in total. The lowest BCUT2D eigenvalue weighted by Crippen LogP contribution is -2.42. The SMILES string of the molecule is COC(=O)c1ccc(C(=O)O[C@@H](C)C(=O)N2CCc3ccccc3C2)cc1. The van der Waals surface area contributed by atoms with E-state index in [0.29, 0.717) is 18.7 Å². The summed E-state index contributed by atoms with van der Waals surface area (Å²) in [4.78, 5) is 38.1. The molecule has 0 saturated carbocycles. The van der Waals surface area contributed by atoms with Crippen LogP contribution in [0.15, 0.2) is 48.5 Å². The maximum atomic E-state index is 12.6. The molecule has 0 unspecified atom stereocenters. The van der Waals surface area contributed by atoms with Crippen molar-refractivity contribution in [3.05, 3.63) is 70.8 Å². The van der Waals surface area contributed by atoms with Crippen LogP contribution in [0.4, 0.5) is 0 Å². The minimum atomic E-state index is -0.886. The van der Waals surface area contributed by atoms with Crippen molar-refractivity contribution in [2.45, 2.75) is 26.0 Å². The summed E-state index contributed by atoms with van der Waals surface area (Å²) in [5.41, 5.74) is 2.97. The van der Waals surface area contributed by atoms with E-state index in [1.807, 2.05) is 18.2 Å². The average Bonchev–Trinajstić information content (AvgIpc) is 2.72. The third-order valence-electron chi connectivity index (χ3n) is 4.62. The van der Waals surface area contributed by atoms with Gasteiger partial charge >= 0.3 is 11.9 Å². The van der Waals surface area contributed by atoms with Crippen molar-refractivity contribution < 1.29 is 23.9 Å². The first kappa shape index (κ1) is 18.6. The molecule has 0 aromatic heterocycles. The third-order valence-corrected chi connectivity index (χ3v) is 4.62. The standard InChI is InChI=1S/C21H21NO5/c1-14(19(23)22-12-11-15-5-3-4-6-18(15)13-22)27-21(25)17-9-7-16(8-10-17)20(24)26-2/h3-10,14H,11-13H2,1-2H3/t14-/m0/s1. The molecule has 0 fully saturated rings. The molecule has 0 saturated heterocycles. The summed E-state index contributed by atoms with van der Waals surface area (Å²) < 4.78 is 9.94. The summed E-state index contributed by atoms with van der Waals surface area (Å²) in [5, 5.41) is 0. The molecule has 1 heterocycles. The minimum Gasteiger partial charge on any atom is -0.465 e. The van der Waals surface area contributed by atoms with Crippen molar-refractivity contribution in [1.82, 2.24) is 4.90 Å². The molecule has 140 valence electrons. The van der Waals surface area contributed by atoms with Crippen molar-refractivity contribution in [2.75, 3.05) is 13.7 Å². The number of ether oxygens (including phenoxy) is 2. The smallest absolute Gasteiger partial charge is 0.338 e. The minimum absolute atomic E-state index is 0.218. The fourth-order valence-electron chi connectivity index (χ4n) is 3.08. The Morgan fingerprint density at radius 3 is 2.15 bits per heavy atom. The number of hydrogen-bond acceptors (Lipinski definition) is 5. The van der Waals surface area contributed by atoms with E-state index in [-0.39, 0.29) is 11.5 Å². The van der Waals surface area contributed by atoms with Crippen LogP contribution in [0.2, 0.25) is 0 Å². The van der Waals surface area contributed by atoms with Crippen molar-refractivity contribution in [2.24, 2.45) is 0 Å². The van der Waals surface area contributed by atoms with Crippen LogP contribution in [-0.4, -0.2) is 42.5 Å². The molecule has 1 aliphatic heterocycles. The molecular weight excluding hydrogens is 346 g/mol. The summed E-state index contributed by atoms with van der Waals surface area (Å²) >= 11 is 0. The van der Waals surface area contributed by atoms with Crippen LogP contribution in [0.5, 0.6) is 0 Å². The Kier molecular flexibility index (Phi) is 5.54. The van der Waals surface area contributed by atoms with E-state index < -0.39 is 18.0 Å². The van der Waals surface area contributed by atoms with Gasteiger partial charge in [-0.1, -0.05) is 24.3 Å². The molecule has 1 aliphatic rings. The van der Waals surface area contributed by atoms with Gasteiger partial charge in [0, 0.05) is 13.1 Å². The number of fused-ring (bicyclic) bond motifs is 1. The first-order valence-electron chi connectivity index (χ1n) is 8.74. The predicted octanol–water partition coefficient (Wildman–Crippen LogP) is 2.60. The Labute approximate surface area is 157 Å². The molecule has 0 N–H and O–H groups in total. The van der Waals surface area contributed by atoms with Crippen LogP contribution in [0, 0.1) is 0 Å². The van der Waals surface area contributed by atoms with Crippen LogP contribution in [0.3, 0.4) is 0 Å². The number of nitrogens with zero attached hydrogens (tertiary/aromatic N) is 1. The number of esters is 2.